The molecular formula is C12H20N4O3. The first-order valence-corrected chi connectivity index (χ1v) is 6.46. The zero-order chi connectivity index (χ0) is 13.8. The second-order valence-electron chi connectivity index (χ2n) is 4.40. The summed E-state index contributed by atoms with van der Waals surface area (Å²) in [6, 6.07) is 0. The highest BCUT2D eigenvalue weighted by Crippen LogP contribution is 2.27. The molecule has 0 saturated carbocycles. The van der Waals surface area contributed by atoms with Gasteiger partial charge in [-0.1, -0.05) is 6.92 Å². The van der Waals surface area contributed by atoms with E-state index in [0.29, 0.717) is 50.0 Å². The predicted molar refractivity (Wildman–Crippen MR) is 71.3 cm³/mol. The number of ether oxygens (including phenoxy) is 2. The van der Waals surface area contributed by atoms with E-state index in [4.69, 9.17) is 15.2 Å². The summed E-state index contributed by atoms with van der Waals surface area (Å²) in [5.41, 5.74) is 6.37. The van der Waals surface area contributed by atoms with E-state index in [2.05, 4.69) is 5.10 Å². The van der Waals surface area contributed by atoms with E-state index >= 15 is 0 Å². The maximum absolute atomic E-state index is 11.9. The summed E-state index contributed by atoms with van der Waals surface area (Å²) in [6.45, 7) is 5.37. The molecule has 7 heteroatoms. The van der Waals surface area contributed by atoms with Gasteiger partial charge in [0, 0.05) is 19.6 Å². The van der Waals surface area contributed by atoms with Crippen LogP contribution in [0.3, 0.4) is 0 Å². The average molecular weight is 268 g/mol. The summed E-state index contributed by atoms with van der Waals surface area (Å²) in [5.74, 6) is 0.526. The van der Waals surface area contributed by atoms with Crippen LogP contribution in [-0.4, -0.2) is 49.2 Å². The molecule has 0 aliphatic carbocycles. The van der Waals surface area contributed by atoms with Crippen molar-refractivity contribution in [2.24, 2.45) is 0 Å². The number of rotatable bonds is 4. The summed E-state index contributed by atoms with van der Waals surface area (Å²) < 4.78 is 11.8. The number of carbonyl (C=O) groups excluding carboxylic acids is 1. The molecule has 0 radical (unpaired) electrons. The number of aromatic nitrogens is 2. The quantitative estimate of drug-likeness (QED) is 0.801. The van der Waals surface area contributed by atoms with E-state index in [9.17, 15) is 4.79 Å². The fourth-order valence-corrected chi connectivity index (χ4v) is 2.14. The number of nitrogens with two attached hydrogens (primary N) is 1. The van der Waals surface area contributed by atoms with Crippen molar-refractivity contribution >= 4 is 17.6 Å². The van der Waals surface area contributed by atoms with Crippen LogP contribution < -0.4 is 10.6 Å². The number of esters is 1. The van der Waals surface area contributed by atoms with Crippen LogP contribution >= 0.6 is 0 Å². The van der Waals surface area contributed by atoms with Gasteiger partial charge in [0.15, 0.2) is 5.82 Å². The Balaban J connectivity index is 2.38. The Morgan fingerprint density at radius 3 is 2.74 bits per heavy atom. The van der Waals surface area contributed by atoms with Crippen molar-refractivity contribution in [2.45, 2.75) is 19.9 Å². The third-order valence-electron chi connectivity index (χ3n) is 3.11. The summed E-state index contributed by atoms with van der Waals surface area (Å²) >= 11 is 0. The Kier molecular flexibility index (Phi) is 4.26. The number of nitrogens with zero attached hydrogens (tertiary/aromatic N) is 3. The molecule has 19 heavy (non-hydrogen) atoms. The number of hydrogen-bond acceptors (Lipinski definition) is 6. The maximum atomic E-state index is 11.9. The Morgan fingerprint density at radius 2 is 2.16 bits per heavy atom. The Labute approximate surface area is 112 Å². The number of nitrogen functional groups attached to an aromatic ring is 1. The first-order chi connectivity index (χ1) is 9.19. The first-order valence-electron chi connectivity index (χ1n) is 6.46. The van der Waals surface area contributed by atoms with Crippen LogP contribution in [0.15, 0.2) is 0 Å². The van der Waals surface area contributed by atoms with Crippen molar-refractivity contribution in [1.82, 2.24) is 9.78 Å². The Bertz CT molecular complexity index is 452. The van der Waals surface area contributed by atoms with Gasteiger partial charge in [0.25, 0.3) is 0 Å². The van der Waals surface area contributed by atoms with E-state index in [-0.39, 0.29) is 0 Å². The summed E-state index contributed by atoms with van der Waals surface area (Å²) in [4.78, 5) is 13.9. The van der Waals surface area contributed by atoms with Gasteiger partial charge in [0.2, 0.25) is 0 Å². The van der Waals surface area contributed by atoms with Crippen molar-refractivity contribution in [3.8, 4) is 0 Å². The number of aryl methyl sites for hydroxylation is 1. The van der Waals surface area contributed by atoms with Crippen LogP contribution in [0.2, 0.25) is 0 Å². The van der Waals surface area contributed by atoms with Crippen LogP contribution in [0.1, 0.15) is 23.7 Å². The van der Waals surface area contributed by atoms with Gasteiger partial charge < -0.3 is 20.1 Å². The van der Waals surface area contributed by atoms with Crippen molar-refractivity contribution < 1.29 is 14.3 Å². The zero-order valence-corrected chi connectivity index (χ0v) is 11.4. The number of methoxy groups -OCH3 is 1. The molecule has 7 nitrogen and oxygen atoms in total. The van der Waals surface area contributed by atoms with Gasteiger partial charge in [-0.05, 0) is 6.42 Å². The lowest BCUT2D eigenvalue weighted by Crippen LogP contribution is -2.37. The molecule has 1 aliphatic heterocycles. The van der Waals surface area contributed by atoms with E-state index in [0.717, 1.165) is 6.42 Å². The molecule has 0 aromatic carbocycles. The Morgan fingerprint density at radius 1 is 1.47 bits per heavy atom. The highest BCUT2D eigenvalue weighted by Gasteiger charge is 2.27. The smallest absolute Gasteiger partial charge is 0.345 e. The maximum Gasteiger partial charge on any atom is 0.345 e. The largest absolute Gasteiger partial charge is 0.465 e. The van der Waals surface area contributed by atoms with Crippen LogP contribution in [0.25, 0.3) is 0 Å². The zero-order valence-electron chi connectivity index (χ0n) is 11.4. The number of anilines is 2. The lowest BCUT2D eigenvalue weighted by atomic mass is 10.2. The van der Waals surface area contributed by atoms with Crippen molar-refractivity contribution in [1.29, 1.82) is 0 Å². The molecule has 106 valence electrons. The van der Waals surface area contributed by atoms with Gasteiger partial charge >= 0.3 is 5.97 Å². The van der Waals surface area contributed by atoms with Gasteiger partial charge in [0.05, 0.1) is 20.3 Å². The summed E-state index contributed by atoms with van der Waals surface area (Å²) in [5, 5.41) is 4.45. The number of hydrogen-bond donors (Lipinski definition) is 1. The highest BCUT2D eigenvalue weighted by molar-refractivity contribution is 5.99. The fourth-order valence-electron chi connectivity index (χ4n) is 2.14. The SMILES string of the molecule is CCCn1nc(N2CCOCC2)c(C(=O)OC)c1N. The molecule has 0 bridgehead atoms. The van der Waals surface area contributed by atoms with Crippen LogP contribution in [0.4, 0.5) is 11.6 Å². The van der Waals surface area contributed by atoms with Gasteiger partial charge in [0.1, 0.15) is 11.4 Å². The van der Waals surface area contributed by atoms with Gasteiger partial charge in [-0.15, -0.1) is 0 Å². The molecule has 1 fully saturated rings. The monoisotopic (exact) mass is 268 g/mol. The molecular weight excluding hydrogens is 248 g/mol. The minimum absolute atomic E-state index is 0.359. The predicted octanol–water partition coefficient (Wildman–Crippen LogP) is 0.498. The third kappa shape index (κ3) is 2.65. The molecule has 1 saturated heterocycles. The molecule has 1 aromatic rings. The molecule has 2 heterocycles. The average Bonchev–Trinajstić information content (AvgIpc) is 2.77. The van der Waals surface area contributed by atoms with Crippen LogP contribution in [-0.2, 0) is 16.0 Å². The molecule has 2 rings (SSSR count). The number of morpholine rings is 1. The van der Waals surface area contributed by atoms with Crippen molar-refractivity contribution in [3.63, 3.8) is 0 Å². The van der Waals surface area contributed by atoms with Gasteiger partial charge in [-0.3, -0.25) is 0 Å². The molecule has 0 amide bonds. The lowest BCUT2D eigenvalue weighted by molar-refractivity contribution is 0.0601. The molecule has 1 aliphatic rings. The molecule has 1 aromatic heterocycles. The second kappa shape index (κ2) is 5.92. The van der Waals surface area contributed by atoms with E-state index in [1.807, 2.05) is 11.8 Å². The first kappa shape index (κ1) is 13.7. The minimum Gasteiger partial charge on any atom is -0.465 e. The standard InChI is InChI=1S/C12H20N4O3/c1-3-4-16-10(13)9(12(17)18-2)11(14-16)15-5-7-19-8-6-15/h3-8,13H2,1-2H3. The van der Waals surface area contributed by atoms with E-state index in [1.54, 1.807) is 4.68 Å². The second-order valence-corrected chi connectivity index (χ2v) is 4.40. The number of carbonyl (C=O) groups is 1. The van der Waals surface area contributed by atoms with Gasteiger partial charge in [-0.2, -0.15) is 5.10 Å². The van der Waals surface area contributed by atoms with E-state index in [1.165, 1.54) is 7.11 Å². The topological polar surface area (TPSA) is 82.6 Å². The minimum atomic E-state index is -0.443. The summed E-state index contributed by atoms with van der Waals surface area (Å²) in [6.07, 6.45) is 0.898. The molecule has 0 spiro atoms. The Hall–Kier alpha value is -1.76. The lowest BCUT2D eigenvalue weighted by Gasteiger charge is -2.27. The van der Waals surface area contributed by atoms with Crippen LogP contribution in [0, 0.1) is 0 Å². The van der Waals surface area contributed by atoms with Gasteiger partial charge in [-0.25, -0.2) is 9.48 Å². The highest BCUT2D eigenvalue weighted by atomic mass is 16.5. The molecule has 0 unspecified atom stereocenters. The van der Waals surface area contributed by atoms with E-state index < -0.39 is 5.97 Å². The third-order valence-corrected chi connectivity index (χ3v) is 3.11. The molecule has 2 N–H and O–H groups in total. The molecule has 0 atom stereocenters. The fraction of sp³-hybridized carbons (Fsp3) is 0.667. The normalized spacial score (nSPS) is 15.6. The van der Waals surface area contributed by atoms with Crippen LogP contribution in [0.5, 0.6) is 0 Å². The summed E-state index contributed by atoms with van der Waals surface area (Å²) in [7, 11) is 1.35. The van der Waals surface area contributed by atoms with Crippen molar-refractivity contribution in [2.75, 3.05) is 44.0 Å². The van der Waals surface area contributed by atoms with Crippen molar-refractivity contribution in [3.05, 3.63) is 5.56 Å².